The van der Waals surface area contributed by atoms with Crippen LogP contribution in [0.1, 0.15) is 33.4 Å². The zero-order valence-electron chi connectivity index (χ0n) is 20.0. The van der Waals surface area contributed by atoms with Crippen LogP contribution < -0.4 is 0 Å². The second kappa shape index (κ2) is 9.51. The Labute approximate surface area is 213 Å². The minimum Gasteiger partial charge on any atom is -0.508 e. The van der Waals surface area contributed by atoms with E-state index in [1.165, 1.54) is 18.2 Å². The van der Waals surface area contributed by atoms with E-state index < -0.39 is 40.7 Å². The number of aromatic hydroxyl groups is 2. The van der Waals surface area contributed by atoms with Crippen LogP contribution in [0.2, 0.25) is 0 Å². The Morgan fingerprint density at radius 3 is 2.14 bits per heavy atom. The molecule has 4 N–H and O–H groups in total. The molecule has 11 heteroatoms. The minimum absolute atomic E-state index is 0.00796. The van der Waals surface area contributed by atoms with Crippen molar-refractivity contribution in [3.8, 4) is 11.5 Å². The highest BCUT2D eigenvalue weighted by Gasteiger charge is 2.51. The van der Waals surface area contributed by atoms with Gasteiger partial charge in [-0.2, -0.15) is 8.42 Å². The Morgan fingerprint density at radius 2 is 1.51 bits per heavy atom. The summed E-state index contributed by atoms with van der Waals surface area (Å²) in [5.74, 6) is -2.67. The van der Waals surface area contributed by atoms with E-state index in [-0.39, 0.29) is 28.5 Å². The molecule has 0 saturated carbocycles. The standard InChI is InChI=1S/C26H25NO9S/c1-15-9-18(7-8-21(15)28)26(20-5-3-4-6-22(20)37(34,35)36-26)19-10-16(2)25(33)17(11-19)12-27(13-23(29)30)14-24(31)32/h3-11,28,33H,12-14H2,1-2H3,(H,29,30)(H,31,32)/t26-/m0/s1. The molecule has 3 aromatic carbocycles. The van der Waals surface area contributed by atoms with E-state index in [2.05, 4.69) is 0 Å². The monoisotopic (exact) mass is 527 g/mol. The molecule has 0 aliphatic carbocycles. The number of hydrogen-bond acceptors (Lipinski definition) is 8. The molecule has 1 aliphatic heterocycles. The lowest BCUT2D eigenvalue weighted by Crippen LogP contribution is -2.34. The third kappa shape index (κ3) is 4.76. The van der Waals surface area contributed by atoms with Crippen molar-refractivity contribution in [2.75, 3.05) is 13.1 Å². The van der Waals surface area contributed by atoms with Crippen LogP contribution in [0.5, 0.6) is 11.5 Å². The smallest absolute Gasteiger partial charge is 0.317 e. The molecule has 0 unspecified atom stereocenters. The fourth-order valence-electron chi connectivity index (χ4n) is 4.65. The first-order valence-corrected chi connectivity index (χ1v) is 12.6. The number of rotatable bonds is 8. The molecule has 0 radical (unpaired) electrons. The van der Waals surface area contributed by atoms with Gasteiger partial charge in [0.1, 0.15) is 16.4 Å². The third-order valence-electron chi connectivity index (χ3n) is 6.27. The van der Waals surface area contributed by atoms with E-state index in [1.54, 1.807) is 50.2 Å². The van der Waals surface area contributed by atoms with Gasteiger partial charge in [0.25, 0.3) is 10.1 Å². The van der Waals surface area contributed by atoms with Gasteiger partial charge in [0.15, 0.2) is 5.60 Å². The second-order valence-corrected chi connectivity index (χ2v) is 10.5. The first kappa shape index (κ1) is 26.1. The SMILES string of the molecule is Cc1cc([C@@]2(c3cc(C)c(O)c(CN(CC(=O)O)CC(=O)O)c3)OS(=O)(=O)c3ccccc32)ccc1O. The summed E-state index contributed by atoms with van der Waals surface area (Å²) in [4.78, 5) is 23.7. The molecular formula is C26H25NO9S. The lowest BCUT2D eigenvalue weighted by atomic mass is 9.78. The number of phenols is 2. The van der Waals surface area contributed by atoms with E-state index in [0.717, 1.165) is 4.90 Å². The zero-order valence-corrected chi connectivity index (χ0v) is 20.8. The van der Waals surface area contributed by atoms with Crippen molar-refractivity contribution in [1.29, 1.82) is 0 Å². The number of carbonyl (C=O) groups is 2. The number of benzene rings is 3. The summed E-state index contributed by atoms with van der Waals surface area (Å²) in [6.45, 7) is 1.82. The summed E-state index contributed by atoms with van der Waals surface area (Å²) >= 11 is 0. The number of aliphatic carboxylic acids is 2. The zero-order chi connectivity index (χ0) is 27.1. The number of fused-ring (bicyclic) bond motifs is 1. The minimum atomic E-state index is -4.21. The largest absolute Gasteiger partial charge is 0.508 e. The quantitative estimate of drug-likeness (QED) is 0.321. The summed E-state index contributed by atoms with van der Waals surface area (Å²) in [7, 11) is -4.21. The van der Waals surface area contributed by atoms with E-state index in [4.69, 9.17) is 4.18 Å². The molecular weight excluding hydrogens is 502 g/mol. The first-order valence-electron chi connectivity index (χ1n) is 11.2. The molecule has 0 saturated heterocycles. The van der Waals surface area contributed by atoms with Crippen molar-refractivity contribution in [2.45, 2.75) is 30.9 Å². The fraction of sp³-hybridized carbons (Fsp3) is 0.231. The van der Waals surface area contributed by atoms with E-state index in [0.29, 0.717) is 27.8 Å². The van der Waals surface area contributed by atoms with Crippen LogP contribution in [-0.4, -0.2) is 58.8 Å². The molecule has 0 spiro atoms. The topological polar surface area (TPSA) is 162 Å². The number of phenolic OH excluding ortho intramolecular Hbond substituents is 2. The number of aryl methyl sites for hydroxylation is 2. The molecule has 0 amide bonds. The van der Waals surface area contributed by atoms with Crippen molar-refractivity contribution in [3.05, 3.63) is 88.0 Å². The Hall–Kier alpha value is -3.93. The van der Waals surface area contributed by atoms with Gasteiger partial charge in [-0.1, -0.05) is 24.3 Å². The Bertz CT molecular complexity index is 1500. The maximum Gasteiger partial charge on any atom is 0.317 e. The van der Waals surface area contributed by atoms with E-state index in [9.17, 15) is 38.4 Å². The van der Waals surface area contributed by atoms with Gasteiger partial charge in [0.05, 0.1) is 13.1 Å². The number of hydrogen-bond donors (Lipinski definition) is 4. The number of carboxylic acid groups (broad SMARTS) is 2. The lowest BCUT2D eigenvalue weighted by molar-refractivity contribution is -0.142. The lowest BCUT2D eigenvalue weighted by Gasteiger charge is -2.31. The van der Waals surface area contributed by atoms with Crippen LogP contribution in [0.4, 0.5) is 0 Å². The normalized spacial score (nSPS) is 18.0. The van der Waals surface area contributed by atoms with Crippen molar-refractivity contribution in [1.82, 2.24) is 4.90 Å². The Morgan fingerprint density at radius 1 is 0.892 bits per heavy atom. The highest BCUT2D eigenvalue weighted by molar-refractivity contribution is 7.87. The van der Waals surface area contributed by atoms with E-state index >= 15 is 0 Å². The van der Waals surface area contributed by atoms with Gasteiger partial charge >= 0.3 is 11.9 Å². The van der Waals surface area contributed by atoms with Crippen LogP contribution in [0.25, 0.3) is 0 Å². The number of carboxylic acids is 2. The van der Waals surface area contributed by atoms with Crippen LogP contribution in [0.15, 0.2) is 59.5 Å². The number of nitrogens with zero attached hydrogens (tertiary/aromatic N) is 1. The van der Waals surface area contributed by atoms with E-state index in [1.807, 2.05) is 0 Å². The van der Waals surface area contributed by atoms with Crippen molar-refractivity contribution in [3.63, 3.8) is 0 Å². The molecule has 3 aromatic rings. The average Bonchev–Trinajstić information content (AvgIpc) is 3.06. The molecule has 194 valence electrons. The van der Waals surface area contributed by atoms with Crippen LogP contribution in [0.3, 0.4) is 0 Å². The predicted molar refractivity (Wildman–Crippen MR) is 131 cm³/mol. The molecule has 1 heterocycles. The fourth-order valence-corrected chi connectivity index (χ4v) is 6.07. The molecule has 0 fully saturated rings. The summed E-state index contributed by atoms with van der Waals surface area (Å²) < 4.78 is 32.2. The molecule has 4 rings (SSSR count). The first-order chi connectivity index (χ1) is 17.3. The van der Waals surface area contributed by atoms with Gasteiger partial charge in [-0.05, 0) is 66.4 Å². The molecule has 37 heavy (non-hydrogen) atoms. The Balaban J connectivity index is 1.98. The summed E-state index contributed by atoms with van der Waals surface area (Å²) in [6.07, 6.45) is 0. The maximum absolute atomic E-state index is 13.2. The molecule has 1 atom stereocenters. The van der Waals surface area contributed by atoms with Gasteiger partial charge < -0.3 is 20.4 Å². The van der Waals surface area contributed by atoms with Crippen LogP contribution >= 0.6 is 0 Å². The summed E-state index contributed by atoms with van der Waals surface area (Å²) in [6, 6.07) is 13.9. The van der Waals surface area contributed by atoms with Crippen LogP contribution in [-0.2, 0) is 36.0 Å². The highest BCUT2D eigenvalue weighted by atomic mass is 32.2. The summed E-state index contributed by atoms with van der Waals surface area (Å²) in [5.41, 5.74) is 0.375. The van der Waals surface area contributed by atoms with Gasteiger partial charge in [0.2, 0.25) is 0 Å². The Kier molecular flexibility index (Phi) is 6.72. The van der Waals surface area contributed by atoms with Crippen molar-refractivity contribution >= 4 is 22.1 Å². The molecule has 0 bridgehead atoms. The second-order valence-electron chi connectivity index (χ2n) is 8.95. The van der Waals surface area contributed by atoms with Gasteiger partial charge in [0, 0.05) is 17.7 Å². The molecule has 1 aliphatic rings. The maximum atomic E-state index is 13.2. The summed E-state index contributed by atoms with van der Waals surface area (Å²) in [5, 5.41) is 39.4. The average molecular weight is 528 g/mol. The van der Waals surface area contributed by atoms with Crippen LogP contribution in [0, 0.1) is 13.8 Å². The van der Waals surface area contributed by atoms with Gasteiger partial charge in [-0.3, -0.25) is 14.5 Å². The third-order valence-corrected chi connectivity index (χ3v) is 7.64. The molecule has 10 nitrogen and oxygen atoms in total. The van der Waals surface area contributed by atoms with Crippen molar-refractivity contribution < 1.29 is 42.6 Å². The highest BCUT2D eigenvalue weighted by Crippen LogP contribution is 2.51. The van der Waals surface area contributed by atoms with Gasteiger partial charge in [-0.25, -0.2) is 4.18 Å². The molecule has 0 aromatic heterocycles. The predicted octanol–water partition coefficient (Wildman–Crippen LogP) is 2.70. The van der Waals surface area contributed by atoms with Gasteiger partial charge in [-0.15, -0.1) is 0 Å². The van der Waals surface area contributed by atoms with Crippen molar-refractivity contribution in [2.24, 2.45) is 0 Å².